The number of benzene rings is 2. The van der Waals surface area contributed by atoms with Crippen LogP contribution in [0.15, 0.2) is 36.4 Å². The summed E-state index contributed by atoms with van der Waals surface area (Å²) in [6.07, 6.45) is 0.0228. The van der Waals surface area contributed by atoms with Crippen molar-refractivity contribution in [3.63, 3.8) is 0 Å². The van der Waals surface area contributed by atoms with Crippen molar-refractivity contribution in [2.45, 2.75) is 27.2 Å². The van der Waals surface area contributed by atoms with Crippen LogP contribution in [0.2, 0.25) is 0 Å². The van der Waals surface area contributed by atoms with Crippen LogP contribution in [-0.4, -0.2) is 11.1 Å². The monoisotopic (exact) mass is 269 g/mol. The molecule has 3 nitrogen and oxygen atoms in total. The van der Waals surface area contributed by atoms with Gasteiger partial charge in [0, 0.05) is 11.4 Å². The first-order valence-corrected chi connectivity index (χ1v) is 6.62. The van der Waals surface area contributed by atoms with E-state index in [4.69, 9.17) is 5.11 Å². The number of hydrogen-bond acceptors (Lipinski definition) is 2. The predicted molar refractivity (Wildman–Crippen MR) is 81.7 cm³/mol. The molecule has 0 fully saturated rings. The van der Waals surface area contributed by atoms with E-state index in [0.717, 1.165) is 33.6 Å². The standard InChI is InChI=1S/C17H19NO2/c1-11-6-4-7-12(2)16(11)18-17-13(3)8-5-9-14(17)10-15(19)20/h4-9,18H,10H2,1-3H3,(H,19,20). The van der Waals surface area contributed by atoms with E-state index in [9.17, 15) is 4.79 Å². The highest BCUT2D eigenvalue weighted by molar-refractivity contribution is 5.77. The number of aryl methyl sites for hydroxylation is 3. The molecule has 0 spiro atoms. The Balaban J connectivity index is 2.45. The number of para-hydroxylation sites is 2. The van der Waals surface area contributed by atoms with Gasteiger partial charge in [-0.2, -0.15) is 0 Å². The van der Waals surface area contributed by atoms with Gasteiger partial charge in [0.2, 0.25) is 0 Å². The number of hydrogen-bond donors (Lipinski definition) is 2. The third-order valence-electron chi connectivity index (χ3n) is 3.43. The zero-order chi connectivity index (χ0) is 14.7. The minimum Gasteiger partial charge on any atom is -0.481 e. The van der Waals surface area contributed by atoms with Gasteiger partial charge in [-0.3, -0.25) is 4.79 Å². The summed E-state index contributed by atoms with van der Waals surface area (Å²) in [7, 11) is 0. The summed E-state index contributed by atoms with van der Waals surface area (Å²) in [5.41, 5.74) is 6.09. The molecule has 20 heavy (non-hydrogen) atoms. The maximum Gasteiger partial charge on any atom is 0.307 e. The van der Waals surface area contributed by atoms with Crippen LogP contribution >= 0.6 is 0 Å². The van der Waals surface area contributed by atoms with Gasteiger partial charge >= 0.3 is 5.97 Å². The lowest BCUT2D eigenvalue weighted by Crippen LogP contribution is -2.06. The summed E-state index contributed by atoms with van der Waals surface area (Å²) >= 11 is 0. The first-order valence-electron chi connectivity index (χ1n) is 6.62. The molecule has 0 aromatic heterocycles. The van der Waals surface area contributed by atoms with Gasteiger partial charge in [-0.25, -0.2) is 0 Å². The van der Waals surface area contributed by atoms with E-state index in [-0.39, 0.29) is 6.42 Å². The van der Waals surface area contributed by atoms with Crippen molar-refractivity contribution >= 4 is 17.3 Å². The highest BCUT2D eigenvalue weighted by Crippen LogP contribution is 2.29. The lowest BCUT2D eigenvalue weighted by atomic mass is 10.0. The van der Waals surface area contributed by atoms with Crippen LogP contribution in [0, 0.1) is 20.8 Å². The maximum atomic E-state index is 11.0. The summed E-state index contributed by atoms with van der Waals surface area (Å²) in [6, 6.07) is 11.8. The van der Waals surface area contributed by atoms with Crippen LogP contribution in [0.5, 0.6) is 0 Å². The van der Waals surface area contributed by atoms with E-state index in [1.165, 1.54) is 0 Å². The maximum absolute atomic E-state index is 11.0. The third kappa shape index (κ3) is 2.99. The second-order valence-electron chi connectivity index (χ2n) is 5.07. The average molecular weight is 269 g/mol. The number of aliphatic carboxylic acids is 1. The summed E-state index contributed by atoms with van der Waals surface area (Å²) in [5.74, 6) is -0.819. The molecule has 2 N–H and O–H groups in total. The molecule has 0 saturated heterocycles. The number of rotatable bonds is 4. The van der Waals surface area contributed by atoms with E-state index in [0.29, 0.717) is 0 Å². The number of carbonyl (C=O) groups is 1. The van der Waals surface area contributed by atoms with Crippen molar-refractivity contribution in [1.82, 2.24) is 0 Å². The van der Waals surface area contributed by atoms with Crippen molar-refractivity contribution in [2.75, 3.05) is 5.32 Å². The van der Waals surface area contributed by atoms with Crippen molar-refractivity contribution in [1.29, 1.82) is 0 Å². The number of carboxylic acids is 1. The van der Waals surface area contributed by atoms with E-state index in [1.807, 2.05) is 57.2 Å². The SMILES string of the molecule is Cc1cccc(C)c1Nc1c(C)cccc1CC(=O)O. The van der Waals surface area contributed by atoms with Gasteiger partial charge in [-0.15, -0.1) is 0 Å². The molecule has 2 rings (SSSR count). The Morgan fingerprint density at radius 3 is 2.00 bits per heavy atom. The molecule has 0 heterocycles. The van der Waals surface area contributed by atoms with Gasteiger partial charge in [0.25, 0.3) is 0 Å². The lowest BCUT2D eigenvalue weighted by Gasteiger charge is -2.17. The summed E-state index contributed by atoms with van der Waals surface area (Å²) in [6.45, 7) is 6.08. The van der Waals surface area contributed by atoms with Crippen LogP contribution in [0.1, 0.15) is 22.3 Å². The first kappa shape index (κ1) is 14.1. The highest BCUT2D eigenvalue weighted by Gasteiger charge is 2.11. The topological polar surface area (TPSA) is 49.3 Å². The smallest absolute Gasteiger partial charge is 0.307 e. The molecule has 0 saturated carbocycles. The molecule has 0 aliphatic carbocycles. The van der Waals surface area contributed by atoms with Gasteiger partial charge < -0.3 is 10.4 Å². The molecular weight excluding hydrogens is 250 g/mol. The van der Waals surface area contributed by atoms with Crippen molar-refractivity contribution in [3.05, 3.63) is 58.7 Å². The molecule has 0 bridgehead atoms. The van der Waals surface area contributed by atoms with Gasteiger partial charge in [0.05, 0.1) is 6.42 Å². The van der Waals surface area contributed by atoms with Crippen LogP contribution in [0.4, 0.5) is 11.4 Å². The Morgan fingerprint density at radius 2 is 1.45 bits per heavy atom. The third-order valence-corrected chi connectivity index (χ3v) is 3.43. The minimum atomic E-state index is -0.819. The molecule has 3 heteroatoms. The van der Waals surface area contributed by atoms with E-state index in [1.54, 1.807) is 0 Å². The van der Waals surface area contributed by atoms with Gasteiger partial charge in [-0.05, 0) is 43.0 Å². The van der Waals surface area contributed by atoms with Gasteiger partial charge in [0.15, 0.2) is 0 Å². The fourth-order valence-corrected chi connectivity index (χ4v) is 2.35. The molecule has 2 aromatic rings. The lowest BCUT2D eigenvalue weighted by molar-refractivity contribution is -0.136. The number of carboxylic acid groups (broad SMARTS) is 1. The Bertz CT molecular complexity index is 627. The molecule has 0 aliphatic rings. The fraction of sp³-hybridized carbons (Fsp3) is 0.235. The Labute approximate surface area is 119 Å². The molecule has 0 aliphatic heterocycles. The molecule has 104 valence electrons. The van der Waals surface area contributed by atoms with E-state index in [2.05, 4.69) is 5.32 Å². The number of nitrogens with one attached hydrogen (secondary N) is 1. The van der Waals surface area contributed by atoms with Crippen LogP contribution in [0.25, 0.3) is 0 Å². The molecule has 0 unspecified atom stereocenters. The van der Waals surface area contributed by atoms with Crippen LogP contribution < -0.4 is 5.32 Å². The van der Waals surface area contributed by atoms with Crippen LogP contribution in [-0.2, 0) is 11.2 Å². The second kappa shape index (κ2) is 5.78. The first-order chi connectivity index (χ1) is 9.49. The Hall–Kier alpha value is -2.29. The summed E-state index contributed by atoms with van der Waals surface area (Å²) < 4.78 is 0. The molecule has 2 aromatic carbocycles. The zero-order valence-corrected chi connectivity index (χ0v) is 12.0. The summed E-state index contributed by atoms with van der Waals surface area (Å²) in [5, 5.41) is 12.4. The van der Waals surface area contributed by atoms with Crippen molar-refractivity contribution in [3.8, 4) is 0 Å². The highest BCUT2D eigenvalue weighted by atomic mass is 16.4. The Kier molecular flexibility index (Phi) is 4.08. The molecule has 0 radical (unpaired) electrons. The van der Waals surface area contributed by atoms with Crippen molar-refractivity contribution < 1.29 is 9.90 Å². The van der Waals surface area contributed by atoms with Crippen LogP contribution in [0.3, 0.4) is 0 Å². The van der Waals surface area contributed by atoms with Gasteiger partial charge in [-0.1, -0.05) is 36.4 Å². The van der Waals surface area contributed by atoms with E-state index >= 15 is 0 Å². The van der Waals surface area contributed by atoms with Crippen molar-refractivity contribution in [2.24, 2.45) is 0 Å². The normalized spacial score (nSPS) is 10.3. The summed E-state index contributed by atoms with van der Waals surface area (Å²) in [4.78, 5) is 11.0. The predicted octanol–water partition coefficient (Wildman–Crippen LogP) is 3.98. The molecular formula is C17H19NO2. The number of anilines is 2. The average Bonchev–Trinajstić information content (AvgIpc) is 2.36. The van der Waals surface area contributed by atoms with E-state index < -0.39 is 5.97 Å². The Morgan fingerprint density at radius 1 is 0.950 bits per heavy atom. The quantitative estimate of drug-likeness (QED) is 0.882. The second-order valence-corrected chi connectivity index (χ2v) is 5.07. The fourth-order valence-electron chi connectivity index (χ4n) is 2.35. The largest absolute Gasteiger partial charge is 0.481 e. The molecule has 0 atom stereocenters. The van der Waals surface area contributed by atoms with Gasteiger partial charge in [0.1, 0.15) is 0 Å². The molecule has 0 amide bonds. The zero-order valence-electron chi connectivity index (χ0n) is 12.0. The minimum absolute atomic E-state index is 0.0228.